The molecule has 4 rings (SSSR count). The third-order valence-electron chi connectivity index (χ3n) is 6.88. The van der Waals surface area contributed by atoms with Crippen LogP contribution < -0.4 is 5.32 Å². The number of nitrogens with zero attached hydrogens (tertiary/aromatic N) is 1. The normalized spacial score (nSPS) is 22.7. The molecule has 3 unspecified atom stereocenters. The molecule has 0 aromatic heterocycles. The lowest BCUT2D eigenvalue weighted by molar-refractivity contribution is -0.130. The van der Waals surface area contributed by atoms with Crippen LogP contribution in [0.5, 0.6) is 0 Å². The number of carbonyl (C=O) groups is 2. The third-order valence-corrected chi connectivity index (χ3v) is 8.28. The second-order valence-electron chi connectivity index (χ2n) is 9.28. The largest absolute Gasteiger partial charge is 0.350 e. The van der Waals surface area contributed by atoms with Gasteiger partial charge < -0.3 is 10.2 Å². The smallest absolute Gasteiger partial charge is 0.260 e. The van der Waals surface area contributed by atoms with Crippen LogP contribution in [0, 0.1) is 6.92 Å². The van der Waals surface area contributed by atoms with Crippen molar-refractivity contribution in [1.82, 2.24) is 10.2 Å². The Labute approximate surface area is 201 Å². The summed E-state index contributed by atoms with van der Waals surface area (Å²) in [6, 6.07) is 16.4. The first kappa shape index (κ1) is 23.6. The molecule has 4 nitrogen and oxygen atoms in total. The summed E-state index contributed by atoms with van der Waals surface area (Å²) < 4.78 is 0. The highest BCUT2D eigenvalue weighted by Crippen LogP contribution is 2.42. The molecule has 0 radical (unpaired) electrons. The SMILES string of the molecule is CCC(C)NC(=O)c1ccc(/C=C2/SC3CCCCC3N(Cc3ccccc3C)C2=O)cc1. The molecule has 1 heterocycles. The van der Waals surface area contributed by atoms with E-state index in [4.69, 9.17) is 0 Å². The summed E-state index contributed by atoms with van der Waals surface area (Å²) in [4.78, 5) is 28.9. The van der Waals surface area contributed by atoms with Gasteiger partial charge in [0, 0.05) is 29.4 Å². The van der Waals surface area contributed by atoms with E-state index >= 15 is 0 Å². The first-order valence-corrected chi connectivity index (χ1v) is 13.0. The maximum atomic E-state index is 13.6. The summed E-state index contributed by atoms with van der Waals surface area (Å²) in [5.41, 5.74) is 4.05. The predicted octanol–water partition coefficient (Wildman–Crippen LogP) is 5.95. The Morgan fingerprint density at radius 3 is 2.61 bits per heavy atom. The summed E-state index contributed by atoms with van der Waals surface area (Å²) in [6.07, 6.45) is 7.56. The van der Waals surface area contributed by atoms with Gasteiger partial charge in [0.2, 0.25) is 0 Å². The van der Waals surface area contributed by atoms with Crippen LogP contribution in [0.3, 0.4) is 0 Å². The van der Waals surface area contributed by atoms with E-state index in [9.17, 15) is 9.59 Å². The number of thioether (sulfide) groups is 1. The Hall–Kier alpha value is -2.53. The minimum Gasteiger partial charge on any atom is -0.350 e. The van der Waals surface area contributed by atoms with E-state index in [0.29, 0.717) is 23.4 Å². The van der Waals surface area contributed by atoms with Gasteiger partial charge in [-0.15, -0.1) is 11.8 Å². The first-order valence-electron chi connectivity index (χ1n) is 12.1. The van der Waals surface area contributed by atoms with E-state index in [0.717, 1.165) is 29.7 Å². The molecule has 1 N–H and O–H groups in total. The van der Waals surface area contributed by atoms with Crippen molar-refractivity contribution in [3.8, 4) is 0 Å². The molecule has 3 atom stereocenters. The van der Waals surface area contributed by atoms with Crippen LogP contribution in [0.25, 0.3) is 6.08 Å². The van der Waals surface area contributed by atoms with Gasteiger partial charge >= 0.3 is 0 Å². The minimum atomic E-state index is -0.0545. The van der Waals surface area contributed by atoms with E-state index in [1.54, 1.807) is 11.8 Å². The Balaban J connectivity index is 1.56. The molecule has 1 saturated heterocycles. The fraction of sp³-hybridized carbons (Fsp3) is 0.429. The molecular weight excluding hydrogens is 428 g/mol. The quantitative estimate of drug-likeness (QED) is 0.540. The highest BCUT2D eigenvalue weighted by atomic mass is 32.2. The van der Waals surface area contributed by atoms with Gasteiger partial charge in [-0.2, -0.15) is 0 Å². The van der Waals surface area contributed by atoms with Crippen LogP contribution in [0.2, 0.25) is 0 Å². The summed E-state index contributed by atoms with van der Waals surface area (Å²) in [5, 5.41) is 3.45. The fourth-order valence-corrected chi connectivity index (χ4v) is 6.10. The summed E-state index contributed by atoms with van der Waals surface area (Å²) >= 11 is 1.75. The number of amides is 2. The molecule has 2 fully saturated rings. The van der Waals surface area contributed by atoms with Gasteiger partial charge in [-0.3, -0.25) is 9.59 Å². The number of rotatable bonds is 6. The number of hydrogen-bond donors (Lipinski definition) is 1. The first-order chi connectivity index (χ1) is 16.0. The molecule has 1 aliphatic carbocycles. The monoisotopic (exact) mass is 462 g/mol. The second-order valence-corrected chi connectivity index (χ2v) is 10.6. The Morgan fingerprint density at radius 1 is 1.15 bits per heavy atom. The maximum Gasteiger partial charge on any atom is 0.260 e. The number of fused-ring (bicyclic) bond motifs is 1. The van der Waals surface area contributed by atoms with Crippen LogP contribution >= 0.6 is 11.8 Å². The van der Waals surface area contributed by atoms with Gasteiger partial charge in [-0.05, 0) is 68.0 Å². The van der Waals surface area contributed by atoms with Crippen molar-refractivity contribution in [2.45, 2.75) is 76.8 Å². The third kappa shape index (κ3) is 5.52. The van der Waals surface area contributed by atoms with Gasteiger partial charge in [0.05, 0.1) is 4.91 Å². The molecule has 2 aliphatic rings. The number of benzene rings is 2. The highest BCUT2D eigenvalue weighted by molar-refractivity contribution is 8.04. The molecule has 0 spiro atoms. The zero-order valence-electron chi connectivity index (χ0n) is 19.8. The standard InChI is InChI=1S/C28H34N2O2S/c1-4-20(3)29-27(31)22-15-13-21(14-16-22)17-26-28(32)30(18-23-10-6-5-9-19(23)2)24-11-7-8-12-25(24)33-26/h5-6,9-10,13-17,20,24-25H,4,7-8,11-12,18H2,1-3H3,(H,29,31)/b26-17+. The highest BCUT2D eigenvalue weighted by Gasteiger charge is 2.40. The predicted molar refractivity (Wildman–Crippen MR) is 137 cm³/mol. The van der Waals surface area contributed by atoms with Crippen molar-refractivity contribution in [1.29, 1.82) is 0 Å². The van der Waals surface area contributed by atoms with E-state index in [-0.39, 0.29) is 17.9 Å². The van der Waals surface area contributed by atoms with Gasteiger partial charge in [0.15, 0.2) is 0 Å². The molecule has 5 heteroatoms. The van der Waals surface area contributed by atoms with Gasteiger partial charge in [0.25, 0.3) is 11.8 Å². The summed E-state index contributed by atoms with van der Waals surface area (Å²) in [5.74, 6) is 0.0751. The topological polar surface area (TPSA) is 49.4 Å². The fourth-order valence-electron chi connectivity index (χ4n) is 4.62. The van der Waals surface area contributed by atoms with Gasteiger partial charge in [-0.25, -0.2) is 0 Å². The van der Waals surface area contributed by atoms with E-state index in [1.165, 1.54) is 24.0 Å². The van der Waals surface area contributed by atoms with Gasteiger partial charge in [-0.1, -0.05) is 56.2 Å². The molecule has 0 bridgehead atoms. The summed E-state index contributed by atoms with van der Waals surface area (Å²) in [6.45, 7) is 6.84. The molecule has 33 heavy (non-hydrogen) atoms. The van der Waals surface area contributed by atoms with Crippen molar-refractivity contribution in [3.63, 3.8) is 0 Å². The van der Waals surface area contributed by atoms with Crippen molar-refractivity contribution in [3.05, 3.63) is 75.7 Å². The summed E-state index contributed by atoms with van der Waals surface area (Å²) in [7, 11) is 0. The molecule has 1 saturated carbocycles. The lowest BCUT2D eigenvalue weighted by Gasteiger charge is -2.44. The van der Waals surface area contributed by atoms with Crippen molar-refractivity contribution >= 4 is 29.7 Å². The van der Waals surface area contributed by atoms with Crippen molar-refractivity contribution in [2.75, 3.05) is 0 Å². The zero-order chi connectivity index (χ0) is 23.4. The minimum absolute atomic E-state index is 0.0545. The number of carbonyl (C=O) groups excluding carboxylic acids is 2. The molecule has 174 valence electrons. The van der Waals surface area contributed by atoms with E-state index in [1.807, 2.05) is 43.3 Å². The van der Waals surface area contributed by atoms with E-state index in [2.05, 4.69) is 42.3 Å². The zero-order valence-corrected chi connectivity index (χ0v) is 20.7. The number of aryl methyl sites for hydroxylation is 1. The molecular formula is C28H34N2O2S. The van der Waals surface area contributed by atoms with Crippen LogP contribution in [0.4, 0.5) is 0 Å². The van der Waals surface area contributed by atoms with Crippen LogP contribution in [0.1, 0.15) is 73.0 Å². The number of nitrogens with one attached hydrogen (secondary N) is 1. The second kappa shape index (κ2) is 10.6. The maximum absolute atomic E-state index is 13.6. The Bertz CT molecular complexity index is 1030. The Morgan fingerprint density at radius 2 is 1.88 bits per heavy atom. The van der Waals surface area contributed by atoms with E-state index < -0.39 is 0 Å². The van der Waals surface area contributed by atoms with Crippen LogP contribution in [-0.2, 0) is 11.3 Å². The molecule has 2 aromatic rings. The molecule has 1 aliphatic heterocycles. The van der Waals surface area contributed by atoms with Crippen LogP contribution in [-0.4, -0.2) is 34.0 Å². The Kier molecular flexibility index (Phi) is 7.59. The van der Waals surface area contributed by atoms with Crippen LogP contribution in [0.15, 0.2) is 53.4 Å². The number of hydrogen-bond acceptors (Lipinski definition) is 3. The average Bonchev–Trinajstić information content (AvgIpc) is 2.83. The van der Waals surface area contributed by atoms with Crippen molar-refractivity contribution in [2.24, 2.45) is 0 Å². The lowest BCUT2D eigenvalue weighted by Crippen LogP contribution is -2.50. The molecule has 2 amide bonds. The lowest BCUT2D eigenvalue weighted by atomic mass is 9.92. The van der Waals surface area contributed by atoms with Gasteiger partial charge in [0.1, 0.15) is 0 Å². The van der Waals surface area contributed by atoms with Crippen molar-refractivity contribution < 1.29 is 9.59 Å². The average molecular weight is 463 g/mol. The molecule has 2 aromatic carbocycles.